The maximum atomic E-state index is 12.6. The van der Waals surface area contributed by atoms with E-state index in [1.807, 2.05) is 11.8 Å². The number of nitrogens with one attached hydrogen (secondary N) is 1. The molecule has 2 nitrogen and oxygen atoms in total. The van der Waals surface area contributed by atoms with E-state index in [1.165, 1.54) is 12.3 Å². The molecule has 1 atom stereocenters. The van der Waals surface area contributed by atoms with Crippen molar-refractivity contribution in [1.82, 2.24) is 4.98 Å². The highest BCUT2D eigenvalue weighted by Gasteiger charge is 2.12. The lowest BCUT2D eigenvalue weighted by Gasteiger charge is -2.21. The van der Waals surface area contributed by atoms with Crippen molar-refractivity contribution < 1.29 is 4.39 Å². The molecule has 0 spiro atoms. The van der Waals surface area contributed by atoms with E-state index >= 15 is 0 Å². The summed E-state index contributed by atoms with van der Waals surface area (Å²) >= 11 is 1.91. The van der Waals surface area contributed by atoms with E-state index in [1.54, 1.807) is 6.07 Å². The lowest BCUT2D eigenvalue weighted by atomic mass is 10.3. The van der Waals surface area contributed by atoms with Gasteiger partial charge in [0, 0.05) is 16.5 Å². The van der Waals surface area contributed by atoms with E-state index in [4.69, 9.17) is 0 Å². The van der Waals surface area contributed by atoms with Gasteiger partial charge in [-0.3, -0.25) is 0 Å². The van der Waals surface area contributed by atoms with Crippen molar-refractivity contribution in [3.05, 3.63) is 24.3 Å². The van der Waals surface area contributed by atoms with Gasteiger partial charge in [-0.2, -0.15) is 16.2 Å². The Kier molecular flexibility index (Phi) is 4.59. The molecule has 1 N–H and O–H groups in total. The number of pyridine rings is 1. The number of anilines is 1. The molecule has 1 rings (SSSR count). The monoisotopic (exact) mass is 242 g/mol. The summed E-state index contributed by atoms with van der Waals surface area (Å²) in [5.41, 5.74) is 0.864. The lowest BCUT2D eigenvalue weighted by molar-refractivity contribution is 0.584. The minimum absolute atomic E-state index is 0.275. The van der Waals surface area contributed by atoms with Crippen LogP contribution >= 0.6 is 11.8 Å². The fraction of sp³-hybridized carbons (Fsp3) is 0.583. The summed E-state index contributed by atoms with van der Waals surface area (Å²) in [5, 5.41) is 3.29. The summed E-state index contributed by atoms with van der Waals surface area (Å²) in [6.45, 7) is 8.71. The third-order valence-electron chi connectivity index (χ3n) is 1.91. The van der Waals surface area contributed by atoms with Crippen molar-refractivity contribution in [3.63, 3.8) is 0 Å². The minimum atomic E-state index is -0.442. The van der Waals surface area contributed by atoms with Gasteiger partial charge in [0.25, 0.3) is 0 Å². The Bertz CT molecular complexity index is 319. The minimum Gasteiger partial charge on any atom is -0.381 e. The third-order valence-corrected chi connectivity index (χ3v) is 3.44. The second kappa shape index (κ2) is 5.53. The molecule has 0 aromatic carbocycles. The summed E-state index contributed by atoms with van der Waals surface area (Å²) in [5.74, 6) is 0.572. The van der Waals surface area contributed by atoms with Crippen LogP contribution in [0.25, 0.3) is 0 Å². The average molecular weight is 242 g/mol. The summed E-state index contributed by atoms with van der Waals surface area (Å²) < 4.78 is 12.9. The normalized spacial score (nSPS) is 13.6. The fourth-order valence-corrected chi connectivity index (χ4v) is 2.00. The van der Waals surface area contributed by atoms with Gasteiger partial charge in [0.05, 0.1) is 11.9 Å². The van der Waals surface area contributed by atoms with Gasteiger partial charge in [0.15, 0.2) is 0 Å². The van der Waals surface area contributed by atoms with Crippen LogP contribution in [0.5, 0.6) is 0 Å². The van der Waals surface area contributed by atoms with E-state index in [-0.39, 0.29) is 4.75 Å². The number of rotatable bonds is 4. The molecular weight excluding hydrogens is 223 g/mol. The van der Waals surface area contributed by atoms with Crippen LogP contribution in [0.3, 0.4) is 0 Å². The van der Waals surface area contributed by atoms with Crippen molar-refractivity contribution in [3.8, 4) is 0 Å². The Morgan fingerprint density at radius 1 is 1.44 bits per heavy atom. The highest BCUT2D eigenvalue weighted by Crippen LogP contribution is 2.24. The second-order valence-corrected chi connectivity index (χ2v) is 6.69. The molecular formula is C12H19FN2S. The Labute approximate surface area is 101 Å². The third kappa shape index (κ3) is 5.35. The first-order valence-corrected chi connectivity index (χ1v) is 6.37. The largest absolute Gasteiger partial charge is 0.381 e. The molecule has 0 radical (unpaired) electrons. The van der Waals surface area contributed by atoms with Gasteiger partial charge in [-0.05, 0) is 19.1 Å². The Hall–Kier alpha value is -0.770. The smallest absolute Gasteiger partial charge is 0.212 e. The standard InChI is InChI=1S/C12H19FN2S/c1-9(8-16-12(2,3)4)15-10-5-6-11(13)14-7-10/h5-7,9,15H,8H2,1-4H3. The molecule has 4 heteroatoms. The highest BCUT2D eigenvalue weighted by molar-refractivity contribution is 8.00. The summed E-state index contributed by atoms with van der Waals surface area (Å²) in [6.07, 6.45) is 1.52. The topological polar surface area (TPSA) is 24.9 Å². The Morgan fingerprint density at radius 3 is 2.62 bits per heavy atom. The number of thioether (sulfide) groups is 1. The van der Waals surface area contributed by atoms with Crippen LogP contribution in [0, 0.1) is 5.95 Å². The number of halogens is 1. The molecule has 0 saturated heterocycles. The summed E-state index contributed by atoms with van der Waals surface area (Å²) in [7, 11) is 0. The Morgan fingerprint density at radius 2 is 2.12 bits per heavy atom. The zero-order valence-electron chi connectivity index (χ0n) is 10.2. The van der Waals surface area contributed by atoms with Crippen LogP contribution < -0.4 is 5.32 Å². The van der Waals surface area contributed by atoms with E-state index in [9.17, 15) is 4.39 Å². The molecule has 0 aliphatic heterocycles. The first-order chi connectivity index (χ1) is 7.37. The van der Waals surface area contributed by atoms with Crippen LogP contribution in [0.1, 0.15) is 27.7 Å². The first kappa shape index (κ1) is 13.3. The average Bonchev–Trinajstić information content (AvgIpc) is 2.18. The zero-order valence-corrected chi connectivity index (χ0v) is 11.1. The molecule has 16 heavy (non-hydrogen) atoms. The molecule has 0 bridgehead atoms. The molecule has 1 aromatic heterocycles. The van der Waals surface area contributed by atoms with Crippen molar-refractivity contribution in [2.45, 2.75) is 38.5 Å². The molecule has 1 unspecified atom stereocenters. The van der Waals surface area contributed by atoms with Crippen molar-refractivity contribution in [2.75, 3.05) is 11.1 Å². The van der Waals surface area contributed by atoms with Gasteiger partial charge in [-0.1, -0.05) is 20.8 Å². The maximum Gasteiger partial charge on any atom is 0.212 e. The van der Waals surface area contributed by atoms with Crippen LogP contribution in [-0.2, 0) is 0 Å². The maximum absolute atomic E-state index is 12.6. The predicted molar refractivity (Wildman–Crippen MR) is 69.5 cm³/mol. The van der Waals surface area contributed by atoms with Crippen LogP contribution in [0.15, 0.2) is 18.3 Å². The lowest BCUT2D eigenvalue weighted by Crippen LogP contribution is -2.21. The molecule has 0 saturated carbocycles. The van der Waals surface area contributed by atoms with Gasteiger partial charge >= 0.3 is 0 Å². The fourth-order valence-electron chi connectivity index (χ4n) is 1.16. The van der Waals surface area contributed by atoms with Gasteiger partial charge in [-0.15, -0.1) is 0 Å². The second-order valence-electron chi connectivity index (χ2n) is 4.84. The molecule has 0 amide bonds. The summed E-state index contributed by atoms with van der Waals surface area (Å²) in [6, 6.07) is 3.42. The van der Waals surface area contributed by atoms with Crippen molar-refractivity contribution in [1.29, 1.82) is 0 Å². The molecule has 90 valence electrons. The first-order valence-electron chi connectivity index (χ1n) is 5.39. The van der Waals surface area contributed by atoms with E-state index < -0.39 is 5.95 Å². The molecule has 0 aliphatic carbocycles. The van der Waals surface area contributed by atoms with Gasteiger partial charge in [0.2, 0.25) is 5.95 Å². The van der Waals surface area contributed by atoms with E-state index in [2.05, 4.69) is 38.0 Å². The van der Waals surface area contributed by atoms with Gasteiger partial charge in [0.1, 0.15) is 0 Å². The van der Waals surface area contributed by atoms with Gasteiger partial charge < -0.3 is 5.32 Å². The highest BCUT2D eigenvalue weighted by atomic mass is 32.2. The van der Waals surface area contributed by atoms with Gasteiger partial charge in [-0.25, -0.2) is 4.98 Å². The van der Waals surface area contributed by atoms with Crippen molar-refractivity contribution >= 4 is 17.4 Å². The summed E-state index contributed by atoms with van der Waals surface area (Å²) in [4.78, 5) is 3.61. The number of nitrogens with zero attached hydrogens (tertiary/aromatic N) is 1. The molecule has 0 aliphatic rings. The number of aromatic nitrogens is 1. The molecule has 0 fully saturated rings. The van der Waals surface area contributed by atoms with Crippen LogP contribution in [0.4, 0.5) is 10.1 Å². The van der Waals surface area contributed by atoms with E-state index in [0.717, 1.165) is 11.4 Å². The molecule has 1 heterocycles. The number of hydrogen-bond acceptors (Lipinski definition) is 3. The van der Waals surface area contributed by atoms with Crippen molar-refractivity contribution in [2.24, 2.45) is 0 Å². The SMILES string of the molecule is CC(CSC(C)(C)C)Nc1ccc(F)nc1. The number of hydrogen-bond donors (Lipinski definition) is 1. The zero-order chi connectivity index (χ0) is 12.2. The van der Waals surface area contributed by atoms with Crippen LogP contribution in [0.2, 0.25) is 0 Å². The quantitative estimate of drug-likeness (QED) is 0.817. The Balaban J connectivity index is 2.39. The molecule has 1 aromatic rings. The van der Waals surface area contributed by atoms with Crippen LogP contribution in [-0.4, -0.2) is 21.5 Å². The van der Waals surface area contributed by atoms with E-state index in [0.29, 0.717) is 6.04 Å². The predicted octanol–water partition coefficient (Wildman–Crippen LogP) is 3.55.